The van der Waals surface area contributed by atoms with E-state index >= 15 is 0 Å². The molecule has 1 fully saturated rings. The number of carbonyl (C=O) groups is 2. The molecule has 2 heterocycles. The van der Waals surface area contributed by atoms with Gasteiger partial charge in [-0.25, -0.2) is 4.68 Å². The third kappa shape index (κ3) is 4.47. The number of nitrogens with one attached hydrogen (secondary N) is 1. The molecule has 0 bridgehead atoms. The van der Waals surface area contributed by atoms with Crippen molar-refractivity contribution in [3.8, 4) is 5.69 Å². The van der Waals surface area contributed by atoms with Crippen molar-refractivity contribution < 1.29 is 22.8 Å². The highest BCUT2D eigenvalue weighted by atomic mass is 35.5. The van der Waals surface area contributed by atoms with Crippen LogP contribution in [0, 0.1) is 0 Å². The molecule has 1 aromatic heterocycles. The minimum Gasteiger partial charge on any atom is -0.322 e. The van der Waals surface area contributed by atoms with Crippen molar-refractivity contribution in [1.82, 2.24) is 9.78 Å². The van der Waals surface area contributed by atoms with Crippen LogP contribution >= 0.6 is 11.6 Å². The fourth-order valence-electron chi connectivity index (χ4n) is 3.62. The molecule has 10 heteroatoms. The van der Waals surface area contributed by atoms with Gasteiger partial charge >= 0.3 is 6.18 Å². The molecule has 1 saturated heterocycles. The summed E-state index contributed by atoms with van der Waals surface area (Å²) in [5.41, 5.74) is -0.904. The number of anilines is 2. The molecule has 0 unspecified atom stereocenters. The zero-order valence-corrected chi connectivity index (χ0v) is 17.5. The van der Waals surface area contributed by atoms with Gasteiger partial charge in [0.05, 0.1) is 17.4 Å². The SMILES string of the molecule is O=C(Nc1cccc(N2CCCCC2=O)c1)c1cnn(-c2cccc(Cl)c2)c1C(F)(F)F. The van der Waals surface area contributed by atoms with Crippen LogP contribution in [-0.4, -0.2) is 28.1 Å². The summed E-state index contributed by atoms with van der Waals surface area (Å²) in [5.74, 6) is -0.991. The average Bonchev–Trinajstić information content (AvgIpc) is 3.20. The predicted molar refractivity (Wildman–Crippen MR) is 114 cm³/mol. The van der Waals surface area contributed by atoms with Gasteiger partial charge in [0.1, 0.15) is 0 Å². The molecule has 2 aromatic carbocycles. The van der Waals surface area contributed by atoms with Crippen molar-refractivity contribution in [1.29, 1.82) is 0 Å². The number of halogens is 4. The Morgan fingerprint density at radius 2 is 1.81 bits per heavy atom. The number of nitrogens with zero attached hydrogens (tertiary/aromatic N) is 3. The Balaban J connectivity index is 1.64. The summed E-state index contributed by atoms with van der Waals surface area (Å²) in [6.07, 6.45) is -1.85. The number of piperidine rings is 1. The molecule has 166 valence electrons. The van der Waals surface area contributed by atoms with Crippen LogP contribution in [0.1, 0.15) is 35.3 Å². The highest BCUT2D eigenvalue weighted by molar-refractivity contribution is 6.30. The van der Waals surface area contributed by atoms with Gasteiger partial charge in [0, 0.05) is 29.4 Å². The van der Waals surface area contributed by atoms with Crippen LogP contribution in [0.25, 0.3) is 5.69 Å². The molecule has 1 aliphatic rings. The summed E-state index contributed by atoms with van der Waals surface area (Å²) in [6, 6.07) is 12.2. The van der Waals surface area contributed by atoms with Gasteiger partial charge in [0.2, 0.25) is 5.91 Å². The monoisotopic (exact) mass is 462 g/mol. The maximum atomic E-state index is 13.9. The zero-order chi connectivity index (χ0) is 22.9. The molecular weight excluding hydrogens is 445 g/mol. The third-order valence-corrected chi connectivity index (χ3v) is 5.31. The van der Waals surface area contributed by atoms with Crippen LogP contribution in [0.4, 0.5) is 24.5 Å². The number of hydrogen-bond donors (Lipinski definition) is 1. The Bertz CT molecular complexity index is 1180. The van der Waals surface area contributed by atoms with Crippen LogP contribution in [0.5, 0.6) is 0 Å². The standard InChI is InChI=1S/C22H18ClF3N4O2/c23-14-5-3-8-17(11-14)30-20(22(24,25)26)18(13-27-30)21(32)28-15-6-4-7-16(12-15)29-10-2-1-9-19(29)31/h3-8,11-13H,1-2,9-10H2,(H,28,32). The van der Waals surface area contributed by atoms with E-state index in [1.807, 2.05) is 0 Å². The minimum atomic E-state index is -4.84. The molecule has 0 spiro atoms. The summed E-state index contributed by atoms with van der Waals surface area (Å²) >= 11 is 5.90. The molecule has 0 saturated carbocycles. The molecule has 32 heavy (non-hydrogen) atoms. The first-order valence-corrected chi connectivity index (χ1v) is 10.2. The van der Waals surface area contributed by atoms with Crippen LogP contribution in [0.3, 0.4) is 0 Å². The number of hydrogen-bond acceptors (Lipinski definition) is 3. The Labute approximate surface area is 186 Å². The van der Waals surface area contributed by atoms with E-state index in [2.05, 4.69) is 10.4 Å². The van der Waals surface area contributed by atoms with Gasteiger partial charge < -0.3 is 10.2 Å². The lowest BCUT2D eigenvalue weighted by Gasteiger charge is -2.27. The van der Waals surface area contributed by atoms with Crippen molar-refractivity contribution in [2.45, 2.75) is 25.4 Å². The van der Waals surface area contributed by atoms with Gasteiger partial charge in [0.15, 0.2) is 5.69 Å². The third-order valence-electron chi connectivity index (χ3n) is 5.07. The molecule has 1 aliphatic heterocycles. The van der Waals surface area contributed by atoms with E-state index in [4.69, 9.17) is 11.6 Å². The van der Waals surface area contributed by atoms with Gasteiger partial charge in [-0.2, -0.15) is 18.3 Å². The quantitative estimate of drug-likeness (QED) is 0.571. The fourth-order valence-corrected chi connectivity index (χ4v) is 3.80. The van der Waals surface area contributed by atoms with Gasteiger partial charge in [-0.3, -0.25) is 9.59 Å². The van der Waals surface area contributed by atoms with Crippen molar-refractivity contribution in [3.05, 3.63) is 71.0 Å². The molecular formula is C22H18ClF3N4O2. The van der Waals surface area contributed by atoms with E-state index in [-0.39, 0.29) is 22.3 Å². The van der Waals surface area contributed by atoms with Crippen molar-refractivity contribution in [3.63, 3.8) is 0 Å². The predicted octanol–water partition coefficient (Wildman–Crippen LogP) is 5.31. The maximum Gasteiger partial charge on any atom is 0.434 e. The molecule has 4 rings (SSSR count). The first-order chi connectivity index (χ1) is 15.2. The number of benzene rings is 2. The lowest BCUT2D eigenvalue weighted by Crippen LogP contribution is -2.35. The first kappa shape index (κ1) is 21.9. The van der Waals surface area contributed by atoms with E-state index < -0.39 is 23.3 Å². The van der Waals surface area contributed by atoms with Crippen LogP contribution < -0.4 is 10.2 Å². The number of carbonyl (C=O) groups excluding carboxylic acids is 2. The van der Waals surface area contributed by atoms with Gasteiger partial charge in [-0.1, -0.05) is 23.7 Å². The molecule has 3 aromatic rings. The highest BCUT2D eigenvalue weighted by Crippen LogP contribution is 2.34. The highest BCUT2D eigenvalue weighted by Gasteiger charge is 2.40. The first-order valence-electron chi connectivity index (χ1n) is 9.87. The lowest BCUT2D eigenvalue weighted by molar-refractivity contribution is -0.143. The summed E-state index contributed by atoms with van der Waals surface area (Å²) in [7, 11) is 0. The molecule has 1 N–H and O–H groups in total. The van der Waals surface area contributed by atoms with Crippen molar-refractivity contribution >= 4 is 34.8 Å². The number of alkyl halides is 3. The Morgan fingerprint density at radius 1 is 1.06 bits per heavy atom. The number of rotatable bonds is 4. The Hall–Kier alpha value is -3.33. The van der Waals surface area contributed by atoms with Crippen molar-refractivity contribution in [2.75, 3.05) is 16.8 Å². The largest absolute Gasteiger partial charge is 0.434 e. The van der Waals surface area contributed by atoms with Gasteiger partial charge in [0.25, 0.3) is 5.91 Å². The van der Waals surface area contributed by atoms with E-state index in [9.17, 15) is 22.8 Å². The van der Waals surface area contributed by atoms with Crippen LogP contribution in [0.2, 0.25) is 5.02 Å². The molecule has 2 amide bonds. The number of aromatic nitrogens is 2. The number of amides is 2. The van der Waals surface area contributed by atoms with E-state index in [1.54, 1.807) is 29.2 Å². The Kier molecular flexibility index (Phi) is 5.92. The zero-order valence-electron chi connectivity index (χ0n) is 16.7. The van der Waals surface area contributed by atoms with Gasteiger partial charge in [-0.05, 0) is 49.2 Å². The van der Waals surface area contributed by atoms with E-state index in [0.717, 1.165) is 19.0 Å². The topological polar surface area (TPSA) is 67.2 Å². The summed E-state index contributed by atoms with van der Waals surface area (Å²) < 4.78 is 42.2. The fraction of sp³-hybridized carbons (Fsp3) is 0.227. The molecule has 0 aliphatic carbocycles. The second-order valence-corrected chi connectivity index (χ2v) is 7.74. The summed E-state index contributed by atoms with van der Waals surface area (Å²) in [5, 5.41) is 6.50. The molecule has 0 atom stereocenters. The minimum absolute atomic E-state index is 0.0260. The van der Waals surface area contributed by atoms with Crippen molar-refractivity contribution in [2.24, 2.45) is 0 Å². The van der Waals surface area contributed by atoms with E-state index in [1.165, 1.54) is 24.3 Å². The normalized spacial score (nSPS) is 14.5. The van der Waals surface area contributed by atoms with Gasteiger partial charge in [-0.15, -0.1) is 0 Å². The summed E-state index contributed by atoms with van der Waals surface area (Å²) in [4.78, 5) is 26.5. The summed E-state index contributed by atoms with van der Waals surface area (Å²) in [6.45, 7) is 0.556. The molecule has 6 nitrogen and oxygen atoms in total. The smallest absolute Gasteiger partial charge is 0.322 e. The second-order valence-electron chi connectivity index (χ2n) is 7.30. The lowest BCUT2D eigenvalue weighted by atomic mass is 10.1. The van der Waals surface area contributed by atoms with E-state index in [0.29, 0.717) is 23.3 Å². The average molecular weight is 463 g/mol. The van der Waals surface area contributed by atoms with Crippen LogP contribution in [0.15, 0.2) is 54.7 Å². The second kappa shape index (κ2) is 8.66. The van der Waals surface area contributed by atoms with Crippen LogP contribution in [-0.2, 0) is 11.0 Å². The molecule has 0 radical (unpaired) electrons. The Morgan fingerprint density at radius 3 is 2.53 bits per heavy atom. The maximum absolute atomic E-state index is 13.9.